The minimum atomic E-state index is -0.0860. The van der Waals surface area contributed by atoms with Crippen LogP contribution in [0.4, 0.5) is 0 Å². The summed E-state index contributed by atoms with van der Waals surface area (Å²) in [6.45, 7) is 0. The summed E-state index contributed by atoms with van der Waals surface area (Å²) in [5, 5.41) is 5.80. The lowest BCUT2D eigenvalue weighted by molar-refractivity contribution is 0.684. The maximum atomic E-state index is 12.3. The van der Waals surface area contributed by atoms with Gasteiger partial charge in [0.05, 0.1) is 11.4 Å². The van der Waals surface area contributed by atoms with Gasteiger partial charge >= 0.3 is 0 Å². The van der Waals surface area contributed by atoms with E-state index in [0.29, 0.717) is 11.4 Å². The summed E-state index contributed by atoms with van der Waals surface area (Å²) in [6, 6.07) is 9.86. The molecule has 2 aromatic heterocycles. The van der Waals surface area contributed by atoms with Gasteiger partial charge in [0.15, 0.2) is 0 Å². The van der Waals surface area contributed by atoms with Gasteiger partial charge in [-0.1, -0.05) is 28.8 Å². The zero-order valence-electron chi connectivity index (χ0n) is 12.1. The second-order valence-corrected chi connectivity index (χ2v) is 6.74. The predicted molar refractivity (Wildman–Crippen MR) is 90.6 cm³/mol. The molecule has 1 N–H and O–H groups in total. The average Bonchev–Trinajstić information content (AvgIpc) is 3.15. The van der Waals surface area contributed by atoms with Crippen LogP contribution in [0.3, 0.4) is 0 Å². The maximum absolute atomic E-state index is 12.3. The molecule has 0 saturated heterocycles. The molecule has 1 aliphatic rings. The fourth-order valence-electron chi connectivity index (χ4n) is 3.37. The van der Waals surface area contributed by atoms with Gasteiger partial charge in [0.1, 0.15) is 5.52 Å². The number of H-pyrrole nitrogens is 1. The zero-order chi connectivity index (χ0) is 15.1. The van der Waals surface area contributed by atoms with E-state index in [1.807, 2.05) is 30.3 Å². The number of aromatic nitrogens is 3. The van der Waals surface area contributed by atoms with Crippen molar-refractivity contribution in [2.45, 2.75) is 31.6 Å². The molecule has 2 heterocycles. The molecule has 0 bridgehead atoms. The molecule has 0 spiro atoms. The second kappa shape index (κ2) is 5.39. The molecule has 1 fully saturated rings. The van der Waals surface area contributed by atoms with Gasteiger partial charge < -0.3 is 4.98 Å². The third kappa shape index (κ3) is 2.20. The van der Waals surface area contributed by atoms with Gasteiger partial charge in [-0.05, 0) is 43.2 Å². The number of aromatic amines is 1. The molecular weight excluding hydrogens is 342 g/mol. The summed E-state index contributed by atoms with van der Waals surface area (Å²) in [4.78, 5) is 15.1. The van der Waals surface area contributed by atoms with Gasteiger partial charge in [-0.25, -0.2) is 4.68 Å². The topological polar surface area (TPSA) is 50.7 Å². The van der Waals surface area contributed by atoms with Crippen molar-refractivity contribution in [3.8, 4) is 5.69 Å². The van der Waals surface area contributed by atoms with Crippen LogP contribution in [-0.4, -0.2) is 14.8 Å². The van der Waals surface area contributed by atoms with E-state index in [1.165, 1.54) is 25.7 Å². The molecule has 0 amide bonds. The first-order valence-corrected chi connectivity index (χ1v) is 8.39. The molecule has 112 valence electrons. The Labute approximate surface area is 136 Å². The fourth-order valence-corrected chi connectivity index (χ4v) is 3.63. The largest absolute Gasteiger partial charge is 0.327 e. The van der Waals surface area contributed by atoms with Crippen LogP contribution < -0.4 is 5.56 Å². The monoisotopic (exact) mass is 357 g/mol. The number of pyridine rings is 1. The molecule has 0 radical (unpaired) electrons. The quantitative estimate of drug-likeness (QED) is 0.749. The molecule has 5 heteroatoms. The number of nitrogens with one attached hydrogen (secondary N) is 1. The fraction of sp³-hybridized carbons (Fsp3) is 0.294. The van der Waals surface area contributed by atoms with E-state index in [2.05, 4.69) is 20.9 Å². The molecule has 1 aliphatic carbocycles. The maximum Gasteiger partial charge on any atom is 0.274 e. The zero-order valence-corrected chi connectivity index (χ0v) is 13.6. The Morgan fingerprint density at radius 2 is 1.86 bits per heavy atom. The molecular formula is C17H16BrN3O. The first kappa shape index (κ1) is 13.8. The second-order valence-electron chi connectivity index (χ2n) is 5.82. The van der Waals surface area contributed by atoms with Gasteiger partial charge in [0, 0.05) is 22.0 Å². The van der Waals surface area contributed by atoms with Crippen LogP contribution in [0, 0.1) is 0 Å². The van der Waals surface area contributed by atoms with E-state index in [4.69, 9.17) is 5.10 Å². The van der Waals surface area contributed by atoms with Crippen LogP contribution >= 0.6 is 15.9 Å². The Morgan fingerprint density at radius 3 is 2.59 bits per heavy atom. The normalized spacial score (nSPS) is 15.7. The van der Waals surface area contributed by atoms with Gasteiger partial charge in [-0.3, -0.25) is 4.79 Å². The summed E-state index contributed by atoms with van der Waals surface area (Å²) in [5.74, 6) is 0.473. The number of fused-ring (bicyclic) bond motifs is 1. The number of halogens is 1. The highest BCUT2D eigenvalue weighted by Crippen LogP contribution is 2.36. The summed E-state index contributed by atoms with van der Waals surface area (Å²) in [5.41, 5.74) is 2.54. The highest BCUT2D eigenvalue weighted by atomic mass is 79.9. The molecule has 3 aromatic rings. The number of hydrogen-bond acceptors (Lipinski definition) is 2. The molecule has 0 aliphatic heterocycles. The predicted octanol–water partition coefficient (Wildman–Crippen LogP) is 4.13. The third-order valence-corrected chi connectivity index (χ3v) is 4.97. The van der Waals surface area contributed by atoms with E-state index >= 15 is 0 Å². The Morgan fingerprint density at radius 1 is 1.14 bits per heavy atom. The van der Waals surface area contributed by atoms with E-state index < -0.39 is 0 Å². The van der Waals surface area contributed by atoms with Crippen molar-refractivity contribution >= 4 is 26.8 Å². The van der Waals surface area contributed by atoms with E-state index in [1.54, 1.807) is 10.9 Å². The molecule has 0 atom stereocenters. The number of hydrogen-bond donors (Lipinski definition) is 1. The number of benzene rings is 1. The molecule has 4 nitrogen and oxygen atoms in total. The van der Waals surface area contributed by atoms with E-state index in [9.17, 15) is 4.79 Å². The summed E-state index contributed by atoms with van der Waals surface area (Å²) in [7, 11) is 0. The van der Waals surface area contributed by atoms with Crippen molar-refractivity contribution in [3.05, 3.63) is 57.0 Å². The van der Waals surface area contributed by atoms with Crippen LogP contribution in [0.5, 0.6) is 0 Å². The van der Waals surface area contributed by atoms with Crippen molar-refractivity contribution in [1.29, 1.82) is 0 Å². The average molecular weight is 358 g/mol. The van der Waals surface area contributed by atoms with Crippen molar-refractivity contribution < 1.29 is 0 Å². The Balaban J connectivity index is 1.98. The minimum absolute atomic E-state index is 0.0860. The smallest absolute Gasteiger partial charge is 0.274 e. The minimum Gasteiger partial charge on any atom is -0.327 e. The molecule has 1 saturated carbocycles. The van der Waals surface area contributed by atoms with Gasteiger partial charge in [-0.15, -0.1) is 0 Å². The summed E-state index contributed by atoms with van der Waals surface area (Å²) >= 11 is 3.44. The van der Waals surface area contributed by atoms with Gasteiger partial charge in [0.25, 0.3) is 5.56 Å². The number of rotatable bonds is 2. The van der Waals surface area contributed by atoms with Crippen molar-refractivity contribution in [3.63, 3.8) is 0 Å². The van der Waals surface area contributed by atoms with Crippen LogP contribution in [0.15, 0.2) is 45.8 Å². The van der Waals surface area contributed by atoms with E-state index in [-0.39, 0.29) is 5.56 Å². The summed E-state index contributed by atoms with van der Waals surface area (Å²) < 4.78 is 2.80. The lowest BCUT2D eigenvalue weighted by Gasteiger charge is -2.05. The molecule has 0 unspecified atom stereocenters. The van der Waals surface area contributed by atoms with Crippen LogP contribution in [0.1, 0.15) is 37.3 Å². The number of nitrogens with zero attached hydrogens (tertiary/aromatic N) is 2. The van der Waals surface area contributed by atoms with Crippen molar-refractivity contribution in [1.82, 2.24) is 14.8 Å². The first-order valence-electron chi connectivity index (χ1n) is 7.60. The van der Waals surface area contributed by atoms with Crippen LogP contribution in [0.25, 0.3) is 16.6 Å². The summed E-state index contributed by atoms with van der Waals surface area (Å²) in [6.07, 6.45) is 6.55. The van der Waals surface area contributed by atoms with Crippen molar-refractivity contribution in [2.75, 3.05) is 0 Å². The van der Waals surface area contributed by atoms with Gasteiger partial charge in [0.2, 0.25) is 0 Å². The standard InChI is InChI=1S/C17H16BrN3O/c18-12-5-7-13(8-6-12)21-16-14(9-10-19-17(16)22)15(20-21)11-3-1-2-4-11/h5-11H,1-4H2,(H,19,22). The van der Waals surface area contributed by atoms with Gasteiger partial charge in [-0.2, -0.15) is 5.10 Å². The van der Waals surface area contributed by atoms with Crippen molar-refractivity contribution in [2.24, 2.45) is 0 Å². The lowest BCUT2D eigenvalue weighted by Crippen LogP contribution is -2.09. The Bertz CT molecular complexity index is 873. The molecule has 1 aromatic carbocycles. The third-order valence-electron chi connectivity index (χ3n) is 4.44. The first-order chi connectivity index (χ1) is 10.7. The highest BCUT2D eigenvalue weighted by Gasteiger charge is 2.24. The lowest BCUT2D eigenvalue weighted by atomic mass is 10.0. The van der Waals surface area contributed by atoms with E-state index in [0.717, 1.165) is 21.2 Å². The highest BCUT2D eigenvalue weighted by molar-refractivity contribution is 9.10. The Kier molecular flexibility index (Phi) is 3.37. The van der Waals surface area contributed by atoms with Crippen LogP contribution in [-0.2, 0) is 0 Å². The van der Waals surface area contributed by atoms with Crippen LogP contribution in [0.2, 0.25) is 0 Å². The Hall–Kier alpha value is -1.88. The molecule has 22 heavy (non-hydrogen) atoms. The SMILES string of the molecule is O=c1[nH]ccc2c(C3CCCC3)nn(-c3ccc(Br)cc3)c12. The molecule has 4 rings (SSSR count).